The van der Waals surface area contributed by atoms with Crippen LogP contribution in [0.25, 0.3) is 0 Å². The van der Waals surface area contributed by atoms with Gasteiger partial charge in [0.2, 0.25) is 5.91 Å². The van der Waals surface area contributed by atoms with E-state index >= 15 is 0 Å². The summed E-state index contributed by atoms with van der Waals surface area (Å²) < 4.78 is 10.7. The second-order valence-corrected chi connectivity index (χ2v) is 5.97. The van der Waals surface area contributed by atoms with E-state index in [-0.39, 0.29) is 12.5 Å². The number of carboxylic acid groups (broad SMARTS) is 1. The van der Waals surface area contributed by atoms with E-state index in [4.69, 9.17) is 9.47 Å². The molecule has 3 N–H and O–H groups in total. The second kappa shape index (κ2) is 9.76. The molecule has 1 aliphatic heterocycles. The number of nitrogens with one attached hydrogen (secondary N) is 2. The van der Waals surface area contributed by atoms with E-state index in [1.54, 1.807) is 24.3 Å². The maximum absolute atomic E-state index is 12.3. The first-order valence-corrected chi connectivity index (χ1v) is 8.62. The van der Waals surface area contributed by atoms with Crippen LogP contribution in [0.15, 0.2) is 24.3 Å². The van der Waals surface area contributed by atoms with E-state index in [1.807, 2.05) is 6.92 Å². The standard InChI is InChI=1S/C18H24N2O6/c1-2-26-14-8-4-3-7-13(14)17(22)19-10-15(21)20-16(18(23)24)12-6-5-9-25-11-12/h3-4,7-8,12,16H,2,5-6,9-11H2,1H3,(H,19,22)(H,20,21)(H,23,24). The fourth-order valence-corrected chi connectivity index (χ4v) is 2.83. The third kappa shape index (κ3) is 5.45. The van der Waals surface area contributed by atoms with Gasteiger partial charge in [-0.2, -0.15) is 0 Å². The van der Waals surface area contributed by atoms with Crippen LogP contribution < -0.4 is 15.4 Å². The lowest BCUT2D eigenvalue weighted by molar-refractivity contribution is -0.145. The summed E-state index contributed by atoms with van der Waals surface area (Å²) in [5.41, 5.74) is 0.317. The van der Waals surface area contributed by atoms with Gasteiger partial charge in [-0.3, -0.25) is 9.59 Å². The molecule has 1 aliphatic rings. The fourth-order valence-electron chi connectivity index (χ4n) is 2.83. The van der Waals surface area contributed by atoms with Crippen molar-refractivity contribution in [2.45, 2.75) is 25.8 Å². The van der Waals surface area contributed by atoms with Gasteiger partial charge in [0, 0.05) is 12.5 Å². The monoisotopic (exact) mass is 364 g/mol. The second-order valence-electron chi connectivity index (χ2n) is 5.97. The number of hydrogen-bond acceptors (Lipinski definition) is 5. The number of rotatable bonds is 8. The minimum absolute atomic E-state index is 0.278. The van der Waals surface area contributed by atoms with E-state index in [9.17, 15) is 19.5 Å². The van der Waals surface area contributed by atoms with Gasteiger partial charge in [0.05, 0.1) is 25.3 Å². The number of hydrogen-bond donors (Lipinski definition) is 3. The third-order valence-corrected chi connectivity index (χ3v) is 4.09. The number of ether oxygens (including phenoxy) is 2. The highest BCUT2D eigenvalue weighted by molar-refractivity contribution is 5.99. The summed E-state index contributed by atoms with van der Waals surface area (Å²) in [5.74, 6) is -1.99. The van der Waals surface area contributed by atoms with Crippen molar-refractivity contribution in [3.63, 3.8) is 0 Å². The maximum Gasteiger partial charge on any atom is 0.326 e. The van der Waals surface area contributed by atoms with Crippen molar-refractivity contribution >= 4 is 17.8 Å². The number of benzene rings is 1. The Balaban J connectivity index is 1.90. The Kier molecular flexibility index (Phi) is 7.40. The van der Waals surface area contributed by atoms with Crippen LogP contribution >= 0.6 is 0 Å². The average Bonchev–Trinajstić information content (AvgIpc) is 2.65. The van der Waals surface area contributed by atoms with Crippen LogP contribution in [0, 0.1) is 5.92 Å². The molecule has 2 atom stereocenters. The number of carboxylic acids is 1. The van der Waals surface area contributed by atoms with Crippen molar-refractivity contribution in [1.29, 1.82) is 0 Å². The fraction of sp³-hybridized carbons (Fsp3) is 0.500. The van der Waals surface area contributed by atoms with Crippen LogP contribution in [0.4, 0.5) is 0 Å². The summed E-state index contributed by atoms with van der Waals surface area (Å²) in [4.78, 5) is 35.8. The van der Waals surface area contributed by atoms with E-state index in [0.717, 1.165) is 6.42 Å². The van der Waals surface area contributed by atoms with Gasteiger partial charge in [-0.05, 0) is 31.9 Å². The summed E-state index contributed by atoms with van der Waals surface area (Å²) in [6.07, 6.45) is 1.43. The van der Waals surface area contributed by atoms with Gasteiger partial charge in [-0.25, -0.2) is 4.79 Å². The van der Waals surface area contributed by atoms with E-state index in [1.165, 1.54) is 0 Å². The smallest absolute Gasteiger partial charge is 0.326 e. The molecule has 0 aliphatic carbocycles. The maximum atomic E-state index is 12.3. The van der Waals surface area contributed by atoms with E-state index in [2.05, 4.69) is 10.6 Å². The largest absolute Gasteiger partial charge is 0.493 e. The number of aliphatic carboxylic acids is 1. The van der Waals surface area contributed by atoms with Crippen molar-refractivity contribution in [1.82, 2.24) is 10.6 Å². The number of carbonyl (C=O) groups is 3. The normalized spacial score (nSPS) is 17.8. The topological polar surface area (TPSA) is 114 Å². The van der Waals surface area contributed by atoms with Crippen molar-refractivity contribution < 1.29 is 29.0 Å². The molecule has 0 bridgehead atoms. The van der Waals surface area contributed by atoms with Crippen LogP contribution in [0.1, 0.15) is 30.1 Å². The molecule has 1 fully saturated rings. The Morgan fingerprint density at radius 1 is 1.35 bits per heavy atom. The summed E-state index contributed by atoms with van der Waals surface area (Å²) in [6.45, 7) is 2.80. The van der Waals surface area contributed by atoms with Gasteiger partial charge in [-0.1, -0.05) is 12.1 Å². The lowest BCUT2D eigenvalue weighted by Crippen LogP contribution is -2.51. The predicted octanol–water partition coefficient (Wildman–Crippen LogP) is 0.811. The Morgan fingerprint density at radius 2 is 2.12 bits per heavy atom. The Hall–Kier alpha value is -2.61. The summed E-state index contributed by atoms with van der Waals surface area (Å²) >= 11 is 0. The highest BCUT2D eigenvalue weighted by Crippen LogP contribution is 2.18. The Bertz CT molecular complexity index is 642. The van der Waals surface area contributed by atoms with Crippen LogP contribution in [-0.2, 0) is 14.3 Å². The first-order chi connectivity index (χ1) is 12.5. The van der Waals surface area contributed by atoms with Gasteiger partial charge < -0.3 is 25.2 Å². The zero-order valence-electron chi connectivity index (χ0n) is 14.7. The van der Waals surface area contributed by atoms with Gasteiger partial charge in [0.1, 0.15) is 11.8 Å². The number of para-hydroxylation sites is 1. The van der Waals surface area contributed by atoms with Crippen LogP contribution in [-0.4, -0.2) is 55.3 Å². The minimum atomic E-state index is -1.11. The van der Waals surface area contributed by atoms with Crippen molar-refractivity contribution in [2.24, 2.45) is 5.92 Å². The van der Waals surface area contributed by atoms with Crippen LogP contribution in [0.3, 0.4) is 0 Å². The first kappa shape index (κ1) is 19.7. The van der Waals surface area contributed by atoms with Gasteiger partial charge in [-0.15, -0.1) is 0 Å². The lowest BCUT2D eigenvalue weighted by Gasteiger charge is -2.28. The molecular weight excluding hydrogens is 340 g/mol. The molecule has 0 saturated carbocycles. The molecule has 0 aromatic heterocycles. The van der Waals surface area contributed by atoms with Crippen molar-refractivity contribution in [3.05, 3.63) is 29.8 Å². The van der Waals surface area contributed by atoms with Gasteiger partial charge >= 0.3 is 5.97 Å². The van der Waals surface area contributed by atoms with E-state index < -0.39 is 23.8 Å². The molecule has 1 aromatic carbocycles. The Labute approximate surface area is 151 Å². The molecule has 1 saturated heterocycles. The molecule has 2 rings (SSSR count). The van der Waals surface area contributed by atoms with Crippen LogP contribution in [0.5, 0.6) is 5.75 Å². The van der Waals surface area contributed by atoms with Crippen LogP contribution in [0.2, 0.25) is 0 Å². The van der Waals surface area contributed by atoms with E-state index in [0.29, 0.717) is 37.6 Å². The third-order valence-electron chi connectivity index (χ3n) is 4.09. The minimum Gasteiger partial charge on any atom is -0.493 e. The summed E-state index contributed by atoms with van der Waals surface area (Å²) in [6, 6.07) is 5.68. The van der Waals surface area contributed by atoms with Gasteiger partial charge in [0.15, 0.2) is 0 Å². The molecule has 2 amide bonds. The zero-order valence-corrected chi connectivity index (χ0v) is 14.7. The molecule has 0 spiro atoms. The predicted molar refractivity (Wildman–Crippen MR) is 93.1 cm³/mol. The Morgan fingerprint density at radius 3 is 2.77 bits per heavy atom. The number of carbonyl (C=O) groups excluding carboxylic acids is 2. The molecule has 1 aromatic rings. The molecule has 8 nitrogen and oxygen atoms in total. The zero-order chi connectivity index (χ0) is 18.9. The summed E-state index contributed by atoms with van der Waals surface area (Å²) in [7, 11) is 0. The number of amides is 2. The molecule has 1 heterocycles. The SMILES string of the molecule is CCOc1ccccc1C(=O)NCC(=O)NC(C(=O)O)C1CCCOC1. The van der Waals surface area contributed by atoms with Crippen molar-refractivity contribution in [2.75, 3.05) is 26.4 Å². The van der Waals surface area contributed by atoms with Crippen molar-refractivity contribution in [3.8, 4) is 5.75 Å². The highest BCUT2D eigenvalue weighted by atomic mass is 16.5. The average molecular weight is 364 g/mol. The highest BCUT2D eigenvalue weighted by Gasteiger charge is 2.31. The molecule has 142 valence electrons. The quantitative estimate of drug-likeness (QED) is 0.629. The molecule has 8 heteroatoms. The molecule has 0 radical (unpaired) electrons. The summed E-state index contributed by atoms with van der Waals surface area (Å²) in [5, 5.41) is 14.3. The molecule has 2 unspecified atom stereocenters. The lowest BCUT2D eigenvalue weighted by atomic mass is 9.93. The van der Waals surface area contributed by atoms with Gasteiger partial charge in [0.25, 0.3) is 5.91 Å². The first-order valence-electron chi connectivity index (χ1n) is 8.62. The molecular formula is C18H24N2O6. The molecule has 26 heavy (non-hydrogen) atoms.